The van der Waals surface area contributed by atoms with Gasteiger partial charge in [-0.25, -0.2) is 0 Å². The molecule has 0 saturated heterocycles. The highest BCUT2D eigenvalue weighted by atomic mass is 15.2. The first-order valence-electron chi connectivity index (χ1n) is 44.8. The lowest BCUT2D eigenvalue weighted by molar-refractivity contribution is 0.794. The van der Waals surface area contributed by atoms with E-state index in [1.165, 1.54) is 88.4 Å². The highest BCUT2D eigenvalue weighted by molar-refractivity contribution is 7.01. The molecule has 0 atom stereocenters. The van der Waals surface area contributed by atoms with Crippen LogP contribution in [0.4, 0.5) is 102 Å². The summed E-state index contributed by atoms with van der Waals surface area (Å²) in [4.78, 5) is 15.4. The molecule has 4 heterocycles. The number of hydrogen-bond acceptors (Lipinski definition) is 6. The van der Waals surface area contributed by atoms with Crippen molar-refractivity contribution in [2.45, 2.75) is 5.41 Å². The van der Waals surface area contributed by atoms with E-state index in [4.69, 9.17) is 0 Å². The fourth-order valence-corrected chi connectivity index (χ4v) is 22.5. The first kappa shape index (κ1) is 73.8. The van der Waals surface area contributed by atoms with Crippen molar-refractivity contribution in [3.8, 4) is 66.8 Å². The minimum atomic E-state index is -0.867. The fourth-order valence-electron chi connectivity index (χ4n) is 22.5. The van der Waals surface area contributed by atoms with Crippen molar-refractivity contribution < 1.29 is 0 Å². The van der Waals surface area contributed by atoms with Crippen LogP contribution >= 0.6 is 0 Å². The van der Waals surface area contributed by atoms with Gasteiger partial charge >= 0.3 is 0 Å². The summed E-state index contributed by atoms with van der Waals surface area (Å²) in [5, 5.41) is 0. The number of rotatable bonds is 14. The lowest BCUT2D eigenvalue weighted by atomic mass is 9.33. The van der Waals surface area contributed by atoms with Gasteiger partial charge in [0.2, 0.25) is 0 Å². The Kier molecular flexibility index (Phi) is 17.0. The van der Waals surface area contributed by atoms with Gasteiger partial charge in [0, 0.05) is 90.8 Å². The molecule has 600 valence electrons. The standard InChI is InChI=1S/C121H80B2N6/c1-11-39-81(40-12-1)85-67-69-111-105(71-85)122-107-77-99-97-61-31-35-63-101(97)121(103(99)79-113(107)126(91-55-27-9-28-56-91)115-73-93(124(87-47-19-5-20-48-87)88-49-21-6-22-50-88)75-117(119(115)122)128(111)109-65-37-33-59-95(109)83-43-15-3-16-44-83)102-64-36-32-62-98(102)100-78-108-114(80-104(100)121)127(92-57-29-10-30-58-92)116-74-94(125(89-51-23-7-24-52-89)90-53-25-8-26-54-90)76-118-120(116)123(108)106-72-86(82-41-13-2-14-42-82)68-70-112(106)129(118)110-66-38-34-60-96(110)84-45-17-4-18-46-84/h1-80H. The summed E-state index contributed by atoms with van der Waals surface area (Å²) in [7, 11) is 0. The molecule has 0 bridgehead atoms. The molecule has 4 aliphatic heterocycles. The highest BCUT2D eigenvalue weighted by Gasteiger charge is 2.56. The minimum Gasteiger partial charge on any atom is -0.311 e. The van der Waals surface area contributed by atoms with Crippen molar-refractivity contribution in [3.05, 3.63) is 508 Å². The van der Waals surface area contributed by atoms with Crippen molar-refractivity contribution in [1.29, 1.82) is 0 Å². The summed E-state index contributed by atoms with van der Waals surface area (Å²) in [5.41, 5.74) is 45.2. The van der Waals surface area contributed by atoms with Crippen LogP contribution < -0.4 is 62.2 Å². The largest absolute Gasteiger partial charge is 0.311 e. The molecular formula is C121H80B2N6. The molecule has 6 nitrogen and oxygen atoms in total. The van der Waals surface area contributed by atoms with E-state index in [0.717, 1.165) is 136 Å². The molecule has 8 heteroatoms. The number of para-hydroxylation sites is 8. The van der Waals surface area contributed by atoms with E-state index >= 15 is 0 Å². The van der Waals surface area contributed by atoms with Crippen molar-refractivity contribution in [2.75, 3.05) is 29.4 Å². The van der Waals surface area contributed by atoms with E-state index < -0.39 is 5.41 Å². The van der Waals surface area contributed by atoms with Gasteiger partial charge in [-0.2, -0.15) is 0 Å². The van der Waals surface area contributed by atoms with Crippen LogP contribution in [0.15, 0.2) is 485 Å². The quantitative estimate of drug-likeness (QED) is 0.100. The van der Waals surface area contributed by atoms with Gasteiger partial charge in [-0.1, -0.05) is 352 Å². The second-order valence-corrected chi connectivity index (χ2v) is 34.5. The van der Waals surface area contributed by atoms with Gasteiger partial charge < -0.3 is 29.4 Å². The molecule has 26 rings (SSSR count). The predicted octanol–water partition coefficient (Wildman–Crippen LogP) is 27.8. The van der Waals surface area contributed by atoms with Crippen LogP contribution in [0.1, 0.15) is 22.3 Å². The Morgan fingerprint density at radius 3 is 0.791 bits per heavy atom. The highest BCUT2D eigenvalue weighted by Crippen LogP contribution is 2.65. The van der Waals surface area contributed by atoms with E-state index in [2.05, 4.69) is 515 Å². The van der Waals surface area contributed by atoms with E-state index in [1.807, 2.05) is 0 Å². The van der Waals surface area contributed by atoms with E-state index in [9.17, 15) is 0 Å². The fraction of sp³-hybridized carbons (Fsp3) is 0.00826. The summed E-state index contributed by atoms with van der Waals surface area (Å²) in [6.45, 7) is -0.553. The maximum absolute atomic E-state index is 2.68. The molecule has 0 radical (unpaired) electrons. The normalized spacial score (nSPS) is 13.2. The SMILES string of the molecule is c1ccc(-c2ccc3c(c2)B2c4cc5c(cc4N(c4ccccc4)c4cc(N(c6ccccc6)c6ccccc6)cc(c42)N3c2ccccc2-c2ccccc2)C2(c3ccccc3-5)c3ccccc3-c3cc4c(cc32)N(c2ccccc2)c2cc(N(c3ccccc3)c3ccccc3)cc3c2B4c2cc(-c4ccccc4)ccc2N3c2ccccc2-c2ccccc2)cc1. The molecule has 1 spiro atoms. The number of nitrogens with zero attached hydrogens (tertiary/aromatic N) is 6. The Morgan fingerprint density at radius 1 is 0.163 bits per heavy atom. The van der Waals surface area contributed by atoms with Crippen molar-refractivity contribution in [2.24, 2.45) is 0 Å². The third-order valence-corrected chi connectivity index (χ3v) is 27.7. The molecule has 20 aromatic carbocycles. The zero-order valence-corrected chi connectivity index (χ0v) is 70.5. The molecule has 20 aromatic rings. The molecule has 129 heavy (non-hydrogen) atoms. The van der Waals surface area contributed by atoms with E-state index in [0.29, 0.717) is 0 Å². The van der Waals surface area contributed by atoms with E-state index in [1.54, 1.807) is 0 Å². The van der Waals surface area contributed by atoms with Crippen LogP contribution in [0.2, 0.25) is 0 Å². The topological polar surface area (TPSA) is 19.4 Å². The van der Waals surface area contributed by atoms with Gasteiger partial charge in [0.1, 0.15) is 0 Å². The summed E-state index contributed by atoms with van der Waals surface area (Å²) < 4.78 is 0. The van der Waals surface area contributed by atoms with Gasteiger partial charge in [0.05, 0.1) is 28.2 Å². The zero-order valence-electron chi connectivity index (χ0n) is 70.5. The summed E-state index contributed by atoms with van der Waals surface area (Å²) in [5.74, 6) is 0. The Balaban J connectivity index is 0.770. The maximum Gasteiger partial charge on any atom is 0.252 e. The van der Waals surface area contributed by atoms with Gasteiger partial charge in [-0.15, -0.1) is 0 Å². The summed E-state index contributed by atoms with van der Waals surface area (Å²) in [6.07, 6.45) is 0. The van der Waals surface area contributed by atoms with Crippen molar-refractivity contribution in [3.63, 3.8) is 0 Å². The molecule has 0 N–H and O–H groups in total. The minimum absolute atomic E-state index is 0.276. The van der Waals surface area contributed by atoms with Crippen molar-refractivity contribution >= 4 is 149 Å². The molecule has 2 aliphatic carbocycles. The van der Waals surface area contributed by atoms with Gasteiger partial charge in [0.25, 0.3) is 13.4 Å². The lowest BCUT2D eigenvalue weighted by Gasteiger charge is -2.46. The van der Waals surface area contributed by atoms with Gasteiger partial charge in [-0.3, -0.25) is 0 Å². The average Bonchev–Trinajstić information content (AvgIpc) is 1.49. The number of anilines is 18. The molecule has 0 unspecified atom stereocenters. The van der Waals surface area contributed by atoms with Crippen LogP contribution in [-0.2, 0) is 5.41 Å². The van der Waals surface area contributed by atoms with Crippen molar-refractivity contribution in [1.82, 2.24) is 0 Å². The lowest BCUT2D eigenvalue weighted by Crippen LogP contribution is -2.61. The van der Waals surface area contributed by atoms with Crippen LogP contribution in [0.25, 0.3) is 66.8 Å². The number of fused-ring (bicyclic) bond motifs is 18. The average molecular weight is 1640 g/mol. The second-order valence-electron chi connectivity index (χ2n) is 34.5. The second kappa shape index (κ2) is 29.8. The molecular weight excluding hydrogens is 1560 g/mol. The van der Waals surface area contributed by atoms with E-state index in [-0.39, 0.29) is 13.4 Å². The molecule has 6 aliphatic rings. The monoisotopic (exact) mass is 1640 g/mol. The summed E-state index contributed by atoms with van der Waals surface area (Å²) in [6, 6.07) is 183. The Bertz CT molecular complexity index is 7280. The molecule has 0 amide bonds. The summed E-state index contributed by atoms with van der Waals surface area (Å²) >= 11 is 0. The Morgan fingerprint density at radius 2 is 0.442 bits per heavy atom. The number of benzene rings is 20. The number of hydrogen-bond donors (Lipinski definition) is 0. The van der Waals surface area contributed by atoms with Gasteiger partial charge in [-0.05, 0) is 244 Å². The van der Waals surface area contributed by atoms with Crippen LogP contribution in [0.3, 0.4) is 0 Å². The zero-order chi connectivity index (χ0) is 84.8. The van der Waals surface area contributed by atoms with Crippen LogP contribution in [0.5, 0.6) is 0 Å². The first-order valence-corrected chi connectivity index (χ1v) is 44.8. The first-order chi connectivity index (χ1) is 64.1. The smallest absolute Gasteiger partial charge is 0.252 e. The third kappa shape index (κ3) is 11.4. The Labute approximate surface area is 752 Å². The van der Waals surface area contributed by atoms with Gasteiger partial charge in [0.15, 0.2) is 0 Å². The Hall–Kier alpha value is -16.7. The molecule has 0 fully saturated rings. The van der Waals surface area contributed by atoms with Crippen LogP contribution in [-0.4, -0.2) is 13.4 Å². The molecule has 0 aromatic heterocycles. The molecule has 0 saturated carbocycles. The maximum atomic E-state index is 2.68. The third-order valence-electron chi connectivity index (χ3n) is 27.7. The van der Waals surface area contributed by atoms with Crippen LogP contribution in [0, 0.1) is 0 Å². The predicted molar refractivity (Wildman–Crippen MR) is 542 cm³/mol.